The van der Waals surface area contributed by atoms with E-state index in [1.807, 2.05) is 0 Å². The van der Waals surface area contributed by atoms with Crippen molar-refractivity contribution in [3.05, 3.63) is 11.6 Å². The van der Waals surface area contributed by atoms with Crippen molar-refractivity contribution in [1.82, 2.24) is 10.3 Å². The van der Waals surface area contributed by atoms with Gasteiger partial charge in [-0.15, -0.1) is 11.3 Å². The van der Waals surface area contributed by atoms with Gasteiger partial charge in [0.15, 0.2) is 5.13 Å². The number of aliphatic hydroxyl groups is 1. The number of carbonyl (C=O) groups excluding carboxylic acids is 2. The molecule has 0 aromatic carbocycles. The van der Waals surface area contributed by atoms with Crippen molar-refractivity contribution in [2.45, 2.75) is 13.0 Å². The summed E-state index contributed by atoms with van der Waals surface area (Å²) in [4.78, 5) is 26.1. The lowest BCUT2D eigenvalue weighted by molar-refractivity contribution is -0.136. The average molecular weight is 229 g/mol. The molecule has 15 heavy (non-hydrogen) atoms. The van der Waals surface area contributed by atoms with E-state index >= 15 is 0 Å². The fourth-order valence-electron chi connectivity index (χ4n) is 0.760. The van der Waals surface area contributed by atoms with Crippen molar-refractivity contribution in [3.63, 3.8) is 0 Å². The van der Waals surface area contributed by atoms with Crippen LogP contribution in [0.4, 0.5) is 5.13 Å². The molecule has 1 aromatic rings. The highest BCUT2D eigenvalue weighted by molar-refractivity contribution is 7.13. The van der Waals surface area contributed by atoms with Gasteiger partial charge >= 0.3 is 11.8 Å². The summed E-state index contributed by atoms with van der Waals surface area (Å²) in [5.74, 6) is -1.57. The van der Waals surface area contributed by atoms with E-state index in [0.717, 1.165) is 0 Å². The van der Waals surface area contributed by atoms with Gasteiger partial charge in [0.1, 0.15) is 0 Å². The second kappa shape index (κ2) is 5.42. The largest absolute Gasteiger partial charge is 0.392 e. The third kappa shape index (κ3) is 4.05. The van der Waals surface area contributed by atoms with Crippen LogP contribution in [0.5, 0.6) is 0 Å². The number of nitrogens with one attached hydrogen (secondary N) is 2. The third-order valence-electron chi connectivity index (χ3n) is 1.42. The topological polar surface area (TPSA) is 91.3 Å². The number of aromatic nitrogens is 1. The number of aliphatic hydroxyl groups excluding tert-OH is 1. The molecule has 0 saturated heterocycles. The van der Waals surface area contributed by atoms with Gasteiger partial charge in [-0.25, -0.2) is 4.98 Å². The molecule has 1 unspecified atom stereocenters. The van der Waals surface area contributed by atoms with E-state index in [4.69, 9.17) is 5.11 Å². The van der Waals surface area contributed by atoms with Gasteiger partial charge in [-0.3, -0.25) is 14.9 Å². The Bertz CT molecular complexity index is 337. The van der Waals surface area contributed by atoms with E-state index in [2.05, 4.69) is 15.6 Å². The van der Waals surface area contributed by atoms with Gasteiger partial charge in [-0.05, 0) is 6.92 Å². The maximum absolute atomic E-state index is 11.2. The van der Waals surface area contributed by atoms with Crippen molar-refractivity contribution in [2.75, 3.05) is 11.9 Å². The number of amides is 2. The maximum Gasteiger partial charge on any atom is 0.315 e. The molecule has 7 heteroatoms. The summed E-state index contributed by atoms with van der Waals surface area (Å²) in [5, 5.41) is 15.5. The van der Waals surface area contributed by atoms with E-state index < -0.39 is 17.9 Å². The van der Waals surface area contributed by atoms with Gasteiger partial charge in [0.05, 0.1) is 6.10 Å². The van der Waals surface area contributed by atoms with Crippen LogP contribution in [0.2, 0.25) is 0 Å². The number of hydrogen-bond donors (Lipinski definition) is 3. The Labute approximate surface area is 90.3 Å². The zero-order valence-corrected chi connectivity index (χ0v) is 8.87. The van der Waals surface area contributed by atoms with Gasteiger partial charge in [0.2, 0.25) is 0 Å². The Morgan fingerprint density at radius 2 is 2.33 bits per heavy atom. The van der Waals surface area contributed by atoms with E-state index in [1.165, 1.54) is 24.5 Å². The molecule has 1 heterocycles. The first-order valence-electron chi connectivity index (χ1n) is 4.26. The van der Waals surface area contributed by atoms with Crippen LogP contribution in [0.3, 0.4) is 0 Å². The Hall–Kier alpha value is -1.47. The molecule has 1 atom stereocenters. The van der Waals surface area contributed by atoms with Crippen molar-refractivity contribution in [2.24, 2.45) is 0 Å². The maximum atomic E-state index is 11.2. The quantitative estimate of drug-likeness (QED) is 0.614. The molecule has 0 aliphatic carbocycles. The van der Waals surface area contributed by atoms with Crippen LogP contribution in [0.25, 0.3) is 0 Å². The first-order valence-corrected chi connectivity index (χ1v) is 5.14. The van der Waals surface area contributed by atoms with Crippen molar-refractivity contribution >= 4 is 28.3 Å². The monoisotopic (exact) mass is 229 g/mol. The summed E-state index contributed by atoms with van der Waals surface area (Å²) >= 11 is 1.22. The van der Waals surface area contributed by atoms with Crippen LogP contribution in [0.1, 0.15) is 6.92 Å². The molecular formula is C8H11N3O3S. The molecule has 0 saturated carbocycles. The fourth-order valence-corrected chi connectivity index (χ4v) is 1.28. The predicted octanol–water partition coefficient (Wildman–Crippen LogP) is -0.421. The van der Waals surface area contributed by atoms with Gasteiger partial charge in [-0.1, -0.05) is 0 Å². The second-order valence-electron chi connectivity index (χ2n) is 2.85. The number of nitrogens with zero attached hydrogens (tertiary/aromatic N) is 1. The average Bonchev–Trinajstić information content (AvgIpc) is 2.66. The van der Waals surface area contributed by atoms with E-state index in [0.29, 0.717) is 5.13 Å². The van der Waals surface area contributed by atoms with Crippen molar-refractivity contribution < 1.29 is 14.7 Å². The number of thiazole rings is 1. The summed E-state index contributed by atoms with van der Waals surface area (Å²) in [6.45, 7) is 1.56. The summed E-state index contributed by atoms with van der Waals surface area (Å²) in [6.07, 6.45) is 0.843. The molecule has 0 radical (unpaired) electrons. The Morgan fingerprint density at radius 1 is 1.60 bits per heavy atom. The minimum atomic E-state index is -0.786. The van der Waals surface area contributed by atoms with E-state index in [1.54, 1.807) is 5.38 Å². The molecule has 1 rings (SSSR count). The molecule has 3 N–H and O–H groups in total. The Kier molecular flexibility index (Phi) is 4.19. The van der Waals surface area contributed by atoms with Gasteiger partial charge in [0.25, 0.3) is 0 Å². The highest BCUT2D eigenvalue weighted by Gasteiger charge is 2.14. The molecule has 1 aromatic heterocycles. The standard InChI is InChI=1S/C8H11N3O3S/c1-5(12)4-10-6(13)7(14)11-8-9-2-3-15-8/h2-3,5,12H,4H2,1H3,(H,10,13)(H,9,11,14). The summed E-state index contributed by atoms with van der Waals surface area (Å²) in [7, 11) is 0. The molecular weight excluding hydrogens is 218 g/mol. The predicted molar refractivity (Wildman–Crippen MR) is 55.4 cm³/mol. The summed E-state index contributed by atoms with van der Waals surface area (Å²) < 4.78 is 0. The molecule has 0 aliphatic heterocycles. The first kappa shape index (κ1) is 11.6. The van der Waals surface area contributed by atoms with Crippen LogP contribution in [0.15, 0.2) is 11.6 Å². The normalized spacial score (nSPS) is 11.9. The lowest BCUT2D eigenvalue weighted by atomic mass is 10.4. The highest BCUT2D eigenvalue weighted by Crippen LogP contribution is 2.09. The van der Waals surface area contributed by atoms with Gasteiger partial charge < -0.3 is 10.4 Å². The lowest BCUT2D eigenvalue weighted by Gasteiger charge is -2.05. The molecule has 0 spiro atoms. The molecule has 82 valence electrons. The SMILES string of the molecule is CC(O)CNC(=O)C(=O)Nc1nccs1. The zero-order valence-electron chi connectivity index (χ0n) is 8.06. The molecule has 0 fully saturated rings. The smallest absolute Gasteiger partial charge is 0.315 e. The summed E-state index contributed by atoms with van der Waals surface area (Å²) in [5.41, 5.74) is 0. The third-order valence-corrected chi connectivity index (χ3v) is 2.11. The zero-order chi connectivity index (χ0) is 11.3. The molecule has 0 aliphatic rings. The minimum Gasteiger partial charge on any atom is -0.392 e. The number of anilines is 1. The van der Waals surface area contributed by atoms with Crippen LogP contribution >= 0.6 is 11.3 Å². The highest BCUT2D eigenvalue weighted by atomic mass is 32.1. The van der Waals surface area contributed by atoms with Crippen LogP contribution < -0.4 is 10.6 Å². The number of carbonyl (C=O) groups is 2. The van der Waals surface area contributed by atoms with Gasteiger partial charge in [-0.2, -0.15) is 0 Å². The minimum absolute atomic E-state index is 0.0458. The van der Waals surface area contributed by atoms with E-state index in [-0.39, 0.29) is 6.54 Å². The summed E-state index contributed by atoms with van der Waals surface area (Å²) in [6, 6.07) is 0. The van der Waals surface area contributed by atoms with Crippen molar-refractivity contribution in [3.8, 4) is 0 Å². The van der Waals surface area contributed by atoms with Crippen LogP contribution in [0, 0.1) is 0 Å². The lowest BCUT2D eigenvalue weighted by Crippen LogP contribution is -2.38. The Balaban J connectivity index is 2.37. The molecule has 0 bridgehead atoms. The van der Waals surface area contributed by atoms with E-state index in [9.17, 15) is 9.59 Å². The van der Waals surface area contributed by atoms with Gasteiger partial charge in [0, 0.05) is 18.1 Å². The number of hydrogen-bond acceptors (Lipinski definition) is 5. The van der Waals surface area contributed by atoms with Crippen LogP contribution in [-0.2, 0) is 9.59 Å². The van der Waals surface area contributed by atoms with Crippen LogP contribution in [-0.4, -0.2) is 34.6 Å². The first-order chi connectivity index (χ1) is 7.09. The Morgan fingerprint density at radius 3 is 2.87 bits per heavy atom. The molecule has 2 amide bonds. The van der Waals surface area contributed by atoms with Crippen molar-refractivity contribution in [1.29, 1.82) is 0 Å². The second-order valence-corrected chi connectivity index (χ2v) is 3.74. The number of rotatable bonds is 3. The fraction of sp³-hybridized carbons (Fsp3) is 0.375. The molecule has 6 nitrogen and oxygen atoms in total.